The Bertz CT molecular complexity index is 655. The van der Waals surface area contributed by atoms with Crippen LogP contribution in [-0.4, -0.2) is 23.3 Å². The van der Waals surface area contributed by atoms with Gasteiger partial charge in [-0.05, 0) is 35.9 Å². The van der Waals surface area contributed by atoms with E-state index in [1.807, 2.05) is 0 Å². The second-order valence-corrected chi connectivity index (χ2v) is 5.28. The van der Waals surface area contributed by atoms with Crippen LogP contribution in [0.4, 0.5) is 4.39 Å². The van der Waals surface area contributed by atoms with Crippen molar-refractivity contribution in [1.29, 1.82) is 0 Å². The second kappa shape index (κ2) is 6.49. The van der Waals surface area contributed by atoms with E-state index in [1.165, 1.54) is 37.1 Å². The molecule has 2 N–H and O–H groups in total. The number of halogens is 1. The first kappa shape index (κ1) is 15.2. The summed E-state index contributed by atoms with van der Waals surface area (Å²) in [6, 6.07) is 8.37. The number of hydrogen-bond acceptors (Lipinski definition) is 5. The number of benzene rings is 2. The molecule has 2 rings (SSSR count). The van der Waals surface area contributed by atoms with Gasteiger partial charge in [0.25, 0.3) is 0 Å². The number of methoxy groups -OCH3 is 1. The summed E-state index contributed by atoms with van der Waals surface area (Å²) in [7, 11) is 1.21. The number of aromatic hydroxyl groups is 2. The molecule has 0 aliphatic heterocycles. The van der Waals surface area contributed by atoms with Crippen molar-refractivity contribution in [3.8, 4) is 11.5 Å². The van der Waals surface area contributed by atoms with Gasteiger partial charge in [0.1, 0.15) is 22.9 Å². The highest BCUT2D eigenvalue weighted by molar-refractivity contribution is 7.98. The first-order valence-electron chi connectivity index (χ1n) is 6.03. The number of ether oxygens (including phenoxy) is 1. The molecule has 0 saturated heterocycles. The molecule has 0 aromatic heterocycles. The molecule has 0 bridgehead atoms. The lowest BCUT2D eigenvalue weighted by molar-refractivity contribution is 0.0596. The number of phenols is 2. The summed E-state index contributed by atoms with van der Waals surface area (Å²) < 4.78 is 17.5. The van der Waals surface area contributed by atoms with Crippen LogP contribution in [0.25, 0.3) is 0 Å². The molecular weight excluding hydrogens is 295 g/mol. The molecule has 0 aliphatic rings. The number of rotatable bonds is 4. The molecule has 0 radical (unpaired) electrons. The highest BCUT2D eigenvalue weighted by Crippen LogP contribution is 2.32. The fourth-order valence-corrected chi connectivity index (χ4v) is 2.69. The van der Waals surface area contributed by atoms with E-state index in [1.54, 1.807) is 12.1 Å². The monoisotopic (exact) mass is 308 g/mol. The maximum atomic E-state index is 12.8. The molecule has 110 valence electrons. The topological polar surface area (TPSA) is 66.8 Å². The summed E-state index contributed by atoms with van der Waals surface area (Å²) in [6.07, 6.45) is 0. The lowest BCUT2D eigenvalue weighted by Crippen LogP contribution is -2.05. The van der Waals surface area contributed by atoms with Gasteiger partial charge in [-0.1, -0.05) is 0 Å². The van der Waals surface area contributed by atoms with Gasteiger partial charge in [-0.15, -0.1) is 11.8 Å². The average Bonchev–Trinajstić information content (AvgIpc) is 2.45. The van der Waals surface area contributed by atoms with Crippen molar-refractivity contribution in [2.24, 2.45) is 0 Å². The first-order chi connectivity index (χ1) is 10.0. The molecule has 21 heavy (non-hydrogen) atoms. The van der Waals surface area contributed by atoms with Crippen LogP contribution in [0.3, 0.4) is 0 Å². The van der Waals surface area contributed by atoms with E-state index >= 15 is 0 Å². The molecule has 0 amide bonds. The van der Waals surface area contributed by atoms with Crippen LogP contribution in [0, 0.1) is 5.82 Å². The van der Waals surface area contributed by atoms with Gasteiger partial charge in [-0.25, -0.2) is 9.18 Å². The number of hydrogen-bond donors (Lipinski definition) is 2. The second-order valence-electron chi connectivity index (χ2n) is 4.23. The maximum Gasteiger partial charge on any atom is 0.341 e. The Morgan fingerprint density at radius 1 is 1.24 bits per heavy atom. The number of esters is 1. The third kappa shape index (κ3) is 3.66. The Morgan fingerprint density at radius 2 is 1.90 bits per heavy atom. The van der Waals surface area contributed by atoms with Gasteiger partial charge in [0.15, 0.2) is 0 Å². The summed E-state index contributed by atoms with van der Waals surface area (Å²) in [6.45, 7) is 0. The van der Waals surface area contributed by atoms with Gasteiger partial charge >= 0.3 is 5.97 Å². The van der Waals surface area contributed by atoms with Gasteiger partial charge in [0, 0.05) is 16.7 Å². The minimum atomic E-state index is -0.679. The van der Waals surface area contributed by atoms with Crippen molar-refractivity contribution in [2.75, 3.05) is 7.11 Å². The zero-order valence-electron chi connectivity index (χ0n) is 11.2. The molecule has 0 saturated carbocycles. The van der Waals surface area contributed by atoms with Gasteiger partial charge in [0.05, 0.1) is 7.11 Å². The Balaban J connectivity index is 2.26. The van der Waals surface area contributed by atoms with E-state index in [-0.39, 0.29) is 22.9 Å². The summed E-state index contributed by atoms with van der Waals surface area (Å²) >= 11 is 1.35. The zero-order chi connectivity index (χ0) is 15.4. The molecule has 0 fully saturated rings. The van der Waals surface area contributed by atoms with Crippen molar-refractivity contribution in [3.05, 3.63) is 53.3 Å². The average molecular weight is 308 g/mol. The third-order valence-corrected chi connectivity index (χ3v) is 3.84. The van der Waals surface area contributed by atoms with Crippen LogP contribution < -0.4 is 0 Å². The van der Waals surface area contributed by atoms with Crippen LogP contribution >= 0.6 is 11.8 Å². The minimum absolute atomic E-state index is 0.0184. The Morgan fingerprint density at radius 3 is 2.52 bits per heavy atom. The molecule has 0 unspecified atom stereocenters. The molecule has 0 aliphatic carbocycles. The predicted octanol–water partition coefficient (Wildman–Crippen LogP) is 3.32. The normalized spacial score (nSPS) is 10.4. The first-order valence-corrected chi connectivity index (χ1v) is 7.01. The third-order valence-electron chi connectivity index (χ3n) is 2.78. The fraction of sp³-hybridized carbons (Fsp3) is 0.133. The standard InChI is InChI=1S/C15H13FO4S/c1-20-15(19)14-9(6-11(17)7-13(14)18)8-21-12-4-2-10(16)3-5-12/h2-7,17-18H,8H2,1H3. The largest absolute Gasteiger partial charge is 0.508 e. The van der Waals surface area contributed by atoms with Crippen LogP contribution in [0.15, 0.2) is 41.3 Å². The zero-order valence-corrected chi connectivity index (χ0v) is 12.0. The number of thioether (sulfide) groups is 1. The lowest BCUT2D eigenvalue weighted by atomic mass is 10.1. The molecule has 4 nitrogen and oxygen atoms in total. The predicted molar refractivity (Wildman–Crippen MR) is 77.1 cm³/mol. The molecule has 2 aromatic rings. The molecule has 2 aromatic carbocycles. The summed E-state index contributed by atoms with van der Waals surface area (Å²) in [4.78, 5) is 12.5. The van der Waals surface area contributed by atoms with E-state index < -0.39 is 5.97 Å². The molecule has 0 atom stereocenters. The summed E-state index contributed by atoms with van der Waals surface area (Å²) in [5.41, 5.74) is 0.457. The Hall–Kier alpha value is -2.21. The van der Waals surface area contributed by atoms with Crippen LogP contribution in [0.2, 0.25) is 0 Å². The Kier molecular flexibility index (Phi) is 4.70. The summed E-state index contributed by atoms with van der Waals surface area (Å²) in [5, 5.41) is 19.3. The highest BCUT2D eigenvalue weighted by Gasteiger charge is 2.18. The SMILES string of the molecule is COC(=O)c1c(O)cc(O)cc1CSc1ccc(F)cc1. The van der Waals surface area contributed by atoms with E-state index in [2.05, 4.69) is 4.74 Å². The van der Waals surface area contributed by atoms with E-state index in [4.69, 9.17) is 0 Å². The highest BCUT2D eigenvalue weighted by atomic mass is 32.2. The van der Waals surface area contributed by atoms with E-state index in [9.17, 15) is 19.4 Å². The molecule has 6 heteroatoms. The molecule has 0 spiro atoms. The van der Waals surface area contributed by atoms with Crippen molar-refractivity contribution in [3.63, 3.8) is 0 Å². The smallest absolute Gasteiger partial charge is 0.341 e. The van der Waals surface area contributed by atoms with Crippen molar-refractivity contribution >= 4 is 17.7 Å². The van der Waals surface area contributed by atoms with Gasteiger partial charge in [-0.2, -0.15) is 0 Å². The van der Waals surface area contributed by atoms with Gasteiger partial charge in [0.2, 0.25) is 0 Å². The lowest BCUT2D eigenvalue weighted by Gasteiger charge is -2.10. The number of carbonyl (C=O) groups excluding carboxylic acids is 1. The quantitative estimate of drug-likeness (QED) is 0.670. The van der Waals surface area contributed by atoms with Crippen LogP contribution in [-0.2, 0) is 10.5 Å². The Labute approximate surface area is 125 Å². The van der Waals surface area contributed by atoms with E-state index in [0.717, 1.165) is 11.0 Å². The van der Waals surface area contributed by atoms with Gasteiger partial charge < -0.3 is 14.9 Å². The number of carbonyl (C=O) groups is 1. The molecule has 0 heterocycles. The van der Waals surface area contributed by atoms with Crippen molar-refractivity contribution in [2.45, 2.75) is 10.6 Å². The van der Waals surface area contributed by atoms with Crippen molar-refractivity contribution in [1.82, 2.24) is 0 Å². The van der Waals surface area contributed by atoms with Gasteiger partial charge in [-0.3, -0.25) is 0 Å². The number of phenolic OH excluding ortho intramolecular Hbond substituents is 2. The van der Waals surface area contributed by atoms with Crippen LogP contribution in [0.1, 0.15) is 15.9 Å². The maximum absolute atomic E-state index is 12.8. The summed E-state index contributed by atoms with van der Waals surface area (Å²) in [5.74, 6) is -1.17. The minimum Gasteiger partial charge on any atom is -0.508 e. The molecular formula is C15H13FO4S. The van der Waals surface area contributed by atoms with E-state index in [0.29, 0.717) is 11.3 Å². The van der Waals surface area contributed by atoms with Crippen LogP contribution in [0.5, 0.6) is 11.5 Å². The van der Waals surface area contributed by atoms with Crippen molar-refractivity contribution < 1.29 is 24.1 Å². The fourth-order valence-electron chi connectivity index (χ4n) is 1.81.